The van der Waals surface area contributed by atoms with Crippen molar-refractivity contribution in [1.82, 2.24) is 24.6 Å². The molecular weight excluding hydrogens is 679 g/mol. The van der Waals surface area contributed by atoms with Crippen molar-refractivity contribution in [3.8, 4) is 11.3 Å². The number of esters is 1. The second kappa shape index (κ2) is 15.2. The molecule has 0 bridgehead atoms. The molecule has 2 aromatic carbocycles. The van der Waals surface area contributed by atoms with Gasteiger partial charge in [-0.05, 0) is 114 Å². The third kappa shape index (κ3) is 8.61. The van der Waals surface area contributed by atoms with Crippen LogP contribution in [0.3, 0.4) is 0 Å². The molecule has 1 aliphatic heterocycles. The number of rotatable bonds is 9. The van der Waals surface area contributed by atoms with Crippen LogP contribution in [-0.2, 0) is 15.2 Å². The standard InChI is InChI=1S/C37H38ClFN6O4S/c1-37(2,3)49-36(47)45-17-13-27-30(10-14-40-33(27)45)41-32-20-31(28-19-26(38)8-9-29(28)39)42-43-34(32)50-22-24-6-5-7-25(18-24)35(46)48-21-23-11-15-44(4)16-12-23/h5-10,13-14,17-20,23H,11-12,15-16,21-22H2,1-4H3,(H,40,41,42). The number of aromatic nitrogens is 4. The van der Waals surface area contributed by atoms with Gasteiger partial charge in [-0.1, -0.05) is 35.5 Å². The molecule has 6 rings (SSSR count). The van der Waals surface area contributed by atoms with Crippen LogP contribution in [0.15, 0.2) is 78.1 Å². The monoisotopic (exact) mass is 716 g/mol. The van der Waals surface area contributed by atoms with Gasteiger partial charge in [0.15, 0.2) is 5.65 Å². The van der Waals surface area contributed by atoms with E-state index < -0.39 is 17.5 Å². The van der Waals surface area contributed by atoms with Crippen molar-refractivity contribution >= 4 is 57.8 Å². The normalized spacial score (nSPS) is 14.1. The zero-order valence-electron chi connectivity index (χ0n) is 28.3. The van der Waals surface area contributed by atoms with Crippen LogP contribution in [0.4, 0.5) is 20.6 Å². The lowest BCUT2D eigenvalue weighted by atomic mass is 9.98. The van der Waals surface area contributed by atoms with E-state index in [1.165, 1.54) is 34.5 Å². The van der Waals surface area contributed by atoms with Gasteiger partial charge in [-0.2, -0.15) is 0 Å². The fraction of sp³-hybridized carbons (Fsp3) is 0.324. The second-order valence-corrected chi connectivity index (χ2v) is 14.7. The summed E-state index contributed by atoms with van der Waals surface area (Å²) in [6.07, 6.45) is 4.67. The highest BCUT2D eigenvalue weighted by atomic mass is 35.5. The van der Waals surface area contributed by atoms with Gasteiger partial charge in [0.1, 0.15) is 16.4 Å². The summed E-state index contributed by atoms with van der Waals surface area (Å²) in [4.78, 5) is 32.6. The highest BCUT2D eigenvalue weighted by molar-refractivity contribution is 7.98. The number of fused-ring (bicyclic) bond motifs is 1. The van der Waals surface area contributed by atoms with E-state index in [1.54, 1.807) is 57.4 Å². The number of carbonyl (C=O) groups excluding carboxylic acids is 2. The second-order valence-electron chi connectivity index (χ2n) is 13.3. The molecule has 1 saturated heterocycles. The molecular formula is C37H38ClFN6O4S. The number of benzene rings is 2. The summed E-state index contributed by atoms with van der Waals surface area (Å²) in [6, 6.07) is 16.9. The Morgan fingerprint density at radius 2 is 1.84 bits per heavy atom. The highest BCUT2D eigenvalue weighted by Crippen LogP contribution is 2.36. The molecule has 1 aliphatic rings. The van der Waals surface area contributed by atoms with Crippen molar-refractivity contribution in [1.29, 1.82) is 0 Å². The van der Waals surface area contributed by atoms with Crippen LogP contribution >= 0.6 is 23.4 Å². The van der Waals surface area contributed by atoms with Crippen LogP contribution in [0.5, 0.6) is 0 Å². The number of likely N-dealkylation sites (tertiary alicyclic amines) is 1. The molecule has 0 aliphatic carbocycles. The molecule has 0 atom stereocenters. The molecule has 0 unspecified atom stereocenters. The number of thioether (sulfide) groups is 1. The Kier molecular flexibility index (Phi) is 10.7. The van der Waals surface area contributed by atoms with Crippen molar-refractivity contribution < 1.29 is 23.5 Å². The number of hydrogen-bond acceptors (Lipinski definition) is 10. The summed E-state index contributed by atoms with van der Waals surface area (Å²) in [5, 5.41) is 13.8. The van der Waals surface area contributed by atoms with Gasteiger partial charge in [0.2, 0.25) is 0 Å². The first-order chi connectivity index (χ1) is 23.9. The highest BCUT2D eigenvalue weighted by Gasteiger charge is 2.22. The molecule has 1 N–H and O–H groups in total. The van der Waals surface area contributed by atoms with Crippen molar-refractivity contribution in [2.75, 3.05) is 32.1 Å². The van der Waals surface area contributed by atoms with Crippen molar-refractivity contribution in [2.24, 2.45) is 5.92 Å². The molecule has 0 radical (unpaired) electrons. The van der Waals surface area contributed by atoms with E-state index in [0.717, 1.165) is 31.5 Å². The van der Waals surface area contributed by atoms with Gasteiger partial charge in [0, 0.05) is 34.1 Å². The third-order valence-electron chi connectivity index (χ3n) is 8.24. The SMILES string of the molecule is CN1CCC(COC(=O)c2cccc(CSc3nnc(-c4cc(Cl)ccc4F)cc3Nc3ccnc4c3ccn4C(=O)OC(C)(C)C)c2)CC1. The molecule has 4 heterocycles. The first-order valence-corrected chi connectivity index (χ1v) is 17.7. The topological polar surface area (TPSA) is 111 Å². The van der Waals surface area contributed by atoms with Crippen LogP contribution in [0, 0.1) is 11.7 Å². The van der Waals surface area contributed by atoms with Crippen LogP contribution < -0.4 is 5.32 Å². The number of nitrogens with zero attached hydrogens (tertiary/aromatic N) is 5. The fourth-order valence-corrected chi connectivity index (χ4v) is 6.62. The first-order valence-electron chi connectivity index (χ1n) is 16.3. The maximum absolute atomic E-state index is 14.9. The molecule has 50 heavy (non-hydrogen) atoms. The van der Waals surface area contributed by atoms with Gasteiger partial charge in [-0.3, -0.25) is 0 Å². The molecule has 0 spiro atoms. The molecule has 13 heteroatoms. The average molecular weight is 717 g/mol. The van der Waals surface area contributed by atoms with Gasteiger partial charge < -0.3 is 19.7 Å². The lowest BCUT2D eigenvalue weighted by molar-refractivity contribution is 0.0383. The van der Waals surface area contributed by atoms with E-state index >= 15 is 0 Å². The number of anilines is 2. The number of ether oxygens (including phenoxy) is 2. The van der Waals surface area contributed by atoms with Gasteiger partial charge in [0.05, 0.1) is 29.2 Å². The number of carbonyl (C=O) groups is 2. The van der Waals surface area contributed by atoms with E-state index in [2.05, 4.69) is 32.4 Å². The van der Waals surface area contributed by atoms with Crippen molar-refractivity contribution in [3.05, 3.63) is 95.0 Å². The Morgan fingerprint density at radius 1 is 1.04 bits per heavy atom. The van der Waals surface area contributed by atoms with Crippen LogP contribution in [0.25, 0.3) is 22.3 Å². The maximum atomic E-state index is 14.9. The Bertz CT molecular complexity index is 2030. The van der Waals surface area contributed by atoms with E-state index in [0.29, 0.717) is 56.3 Å². The van der Waals surface area contributed by atoms with E-state index in [1.807, 2.05) is 18.2 Å². The van der Waals surface area contributed by atoms with Crippen molar-refractivity contribution in [3.63, 3.8) is 0 Å². The van der Waals surface area contributed by atoms with Gasteiger partial charge >= 0.3 is 12.1 Å². The predicted molar refractivity (Wildman–Crippen MR) is 194 cm³/mol. The van der Waals surface area contributed by atoms with E-state index in [9.17, 15) is 14.0 Å². The minimum absolute atomic E-state index is 0.201. The summed E-state index contributed by atoms with van der Waals surface area (Å²) in [7, 11) is 2.10. The summed E-state index contributed by atoms with van der Waals surface area (Å²) in [6.45, 7) is 7.83. The smallest absolute Gasteiger partial charge is 0.420 e. The van der Waals surface area contributed by atoms with Crippen LogP contribution in [-0.4, -0.2) is 69.1 Å². The predicted octanol–water partition coefficient (Wildman–Crippen LogP) is 8.60. The van der Waals surface area contributed by atoms with E-state index in [4.69, 9.17) is 21.1 Å². The maximum Gasteiger partial charge on any atom is 0.420 e. The third-order valence-corrected chi connectivity index (χ3v) is 9.53. The number of piperidine rings is 1. The molecule has 260 valence electrons. The summed E-state index contributed by atoms with van der Waals surface area (Å²) >= 11 is 7.60. The Hall–Kier alpha value is -4.52. The zero-order chi connectivity index (χ0) is 35.4. The summed E-state index contributed by atoms with van der Waals surface area (Å²) in [5.41, 5.74) is 2.76. The van der Waals surface area contributed by atoms with Gasteiger partial charge in [-0.15, -0.1) is 10.2 Å². The average Bonchev–Trinajstić information content (AvgIpc) is 3.53. The lowest BCUT2D eigenvalue weighted by Gasteiger charge is -2.28. The molecule has 0 amide bonds. The minimum atomic E-state index is -0.684. The summed E-state index contributed by atoms with van der Waals surface area (Å²) < 4.78 is 27.5. The van der Waals surface area contributed by atoms with E-state index in [-0.39, 0.29) is 17.2 Å². The molecule has 5 aromatic rings. The number of hydrogen-bond donors (Lipinski definition) is 1. The Balaban J connectivity index is 1.25. The van der Waals surface area contributed by atoms with Gasteiger partial charge in [-0.25, -0.2) is 23.5 Å². The van der Waals surface area contributed by atoms with Crippen LogP contribution in [0.1, 0.15) is 49.5 Å². The number of nitrogens with one attached hydrogen (secondary N) is 1. The Morgan fingerprint density at radius 3 is 2.62 bits per heavy atom. The van der Waals surface area contributed by atoms with Crippen molar-refractivity contribution in [2.45, 2.75) is 50.0 Å². The first kappa shape index (κ1) is 35.3. The number of pyridine rings is 1. The Labute approximate surface area is 299 Å². The van der Waals surface area contributed by atoms with Gasteiger partial charge in [0.25, 0.3) is 0 Å². The zero-order valence-corrected chi connectivity index (χ0v) is 29.9. The quantitative estimate of drug-likeness (QED) is 0.118. The van der Waals surface area contributed by atoms with Crippen LogP contribution in [0.2, 0.25) is 5.02 Å². The molecule has 3 aromatic heterocycles. The largest absolute Gasteiger partial charge is 0.462 e. The summed E-state index contributed by atoms with van der Waals surface area (Å²) in [5.74, 6) is 0.00543. The molecule has 1 fully saturated rings. The molecule has 10 nitrogen and oxygen atoms in total. The lowest BCUT2D eigenvalue weighted by Crippen LogP contribution is -2.32. The molecule has 0 saturated carbocycles. The minimum Gasteiger partial charge on any atom is -0.462 e. The number of halogens is 2. The fourth-order valence-electron chi connectivity index (χ4n) is 5.60.